The van der Waals surface area contributed by atoms with Crippen LogP contribution in [0.3, 0.4) is 0 Å². The summed E-state index contributed by atoms with van der Waals surface area (Å²) in [5.41, 5.74) is 2.46. The molecule has 19 heavy (non-hydrogen) atoms. The van der Waals surface area contributed by atoms with Crippen molar-refractivity contribution in [3.8, 4) is 0 Å². The van der Waals surface area contributed by atoms with Crippen LogP contribution in [0.4, 0.5) is 4.79 Å². The number of rotatable bonds is 2. The lowest BCUT2D eigenvalue weighted by atomic mass is 10.0. The minimum Gasteiger partial charge on any atom is -0.450 e. The van der Waals surface area contributed by atoms with Crippen LogP contribution in [0.25, 0.3) is 0 Å². The Morgan fingerprint density at radius 2 is 2.26 bits per heavy atom. The van der Waals surface area contributed by atoms with E-state index in [1.165, 1.54) is 11.1 Å². The van der Waals surface area contributed by atoms with E-state index < -0.39 is 6.09 Å². The van der Waals surface area contributed by atoms with E-state index in [1.807, 2.05) is 24.1 Å². The molecule has 5 heteroatoms. The summed E-state index contributed by atoms with van der Waals surface area (Å²) in [5.74, 6) is 0.562. The van der Waals surface area contributed by atoms with Crippen molar-refractivity contribution in [1.29, 1.82) is 0 Å². The predicted molar refractivity (Wildman–Crippen MR) is 74.1 cm³/mol. The highest BCUT2D eigenvalue weighted by Crippen LogP contribution is 2.26. The molecule has 0 aliphatic carbocycles. The molecule has 0 saturated carbocycles. The van der Waals surface area contributed by atoms with Gasteiger partial charge in [-0.05, 0) is 25.0 Å². The lowest BCUT2D eigenvalue weighted by Crippen LogP contribution is -2.40. The summed E-state index contributed by atoms with van der Waals surface area (Å²) >= 11 is 0. The molecular formula is C14H19N3O2. The van der Waals surface area contributed by atoms with Gasteiger partial charge in [-0.3, -0.25) is 10.3 Å². The number of hydrogen-bond donors (Lipinski definition) is 1. The fraction of sp³-hybridized carbons (Fsp3) is 0.429. The first-order valence-corrected chi connectivity index (χ1v) is 6.40. The quantitative estimate of drug-likeness (QED) is 0.886. The monoisotopic (exact) mass is 261 g/mol. The van der Waals surface area contributed by atoms with Crippen LogP contribution in [0.15, 0.2) is 29.3 Å². The molecule has 0 spiro atoms. The number of amides is 1. The van der Waals surface area contributed by atoms with Gasteiger partial charge in [0.1, 0.15) is 0 Å². The van der Waals surface area contributed by atoms with E-state index in [2.05, 4.69) is 29.4 Å². The largest absolute Gasteiger partial charge is 0.450 e. The van der Waals surface area contributed by atoms with E-state index in [0.717, 1.165) is 0 Å². The fourth-order valence-corrected chi connectivity index (χ4v) is 2.21. The van der Waals surface area contributed by atoms with Crippen molar-refractivity contribution in [1.82, 2.24) is 10.2 Å². The highest BCUT2D eigenvalue weighted by molar-refractivity contribution is 5.94. The van der Waals surface area contributed by atoms with E-state index in [0.29, 0.717) is 19.1 Å². The highest BCUT2D eigenvalue weighted by Gasteiger charge is 2.27. The summed E-state index contributed by atoms with van der Waals surface area (Å²) in [6, 6.07) is 8.39. The van der Waals surface area contributed by atoms with Crippen LogP contribution in [0.5, 0.6) is 0 Å². The molecule has 0 radical (unpaired) electrons. The Morgan fingerprint density at radius 3 is 2.95 bits per heavy atom. The van der Waals surface area contributed by atoms with Gasteiger partial charge >= 0.3 is 6.09 Å². The third-order valence-corrected chi connectivity index (χ3v) is 3.25. The van der Waals surface area contributed by atoms with Crippen molar-refractivity contribution in [2.75, 3.05) is 20.2 Å². The summed E-state index contributed by atoms with van der Waals surface area (Å²) in [7, 11) is 1.93. The summed E-state index contributed by atoms with van der Waals surface area (Å²) in [5, 5.41) is 2.66. The van der Waals surface area contributed by atoms with Gasteiger partial charge in [-0.2, -0.15) is 0 Å². The second kappa shape index (κ2) is 5.73. The Hall–Kier alpha value is -2.04. The van der Waals surface area contributed by atoms with Crippen LogP contribution >= 0.6 is 0 Å². The molecule has 0 saturated heterocycles. The van der Waals surface area contributed by atoms with Gasteiger partial charge < -0.3 is 9.64 Å². The maximum atomic E-state index is 11.4. The summed E-state index contributed by atoms with van der Waals surface area (Å²) in [6.45, 7) is 4.85. The molecule has 1 heterocycles. The lowest BCUT2D eigenvalue weighted by Gasteiger charge is -2.24. The third kappa shape index (κ3) is 2.86. The molecule has 2 rings (SSSR count). The molecule has 1 aromatic rings. The zero-order chi connectivity index (χ0) is 13.8. The van der Waals surface area contributed by atoms with E-state index >= 15 is 0 Å². The van der Waals surface area contributed by atoms with E-state index in [1.54, 1.807) is 6.92 Å². The van der Waals surface area contributed by atoms with Gasteiger partial charge in [-0.1, -0.05) is 24.3 Å². The fourth-order valence-electron chi connectivity index (χ4n) is 2.21. The summed E-state index contributed by atoms with van der Waals surface area (Å²) in [4.78, 5) is 17.8. The van der Waals surface area contributed by atoms with Crippen molar-refractivity contribution in [3.63, 3.8) is 0 Å². The van der Waals surface area contributed by atoms with Crippen LogP contribution in [-0.2, 0) is 4.74 Å². The van der Waals surface area contributed by atoms with Gasteiger partial charge in [0, 0.05) is 7.05 Å². The number of alkyl carbamates (subject to hydrolysis) is 1. The van der Waals surface area contributed by atoms with Crippen LogP contribution in [0.1, 0.15) is 24.1 Å². The number of carbonyl (C=O) groups is 1. The smallest absolute Gasteiger partial charge is 0.413 e. The maximum absolute atomic E-state index is 11.4. The van der Waals surface area contributed by atoms with Crippen LogP contribution in [0.2, 0.25) is 0 Å². The van der Waals surface area contributed by atoms with Gasteiger partial charge in [0.05, 0.1) is 19.2 Å². The van der Waals surface area contributed by atoms with E-state index in [9.17, 15) is 4.79 Å². The number of nitrogens with zero attached hydrogens (tertiary/aromatic N) is 2. The highest BCUT2D eigenvalue weighted by atomic mass is 16.5. The molecule has 0 bridgehead atoms. The maximum Gasteiger partial charge on any atom is 0.413 e. The van der Waals surface area contributed by atoms with E-state index in [-0.39, 0.29) is 6.04 Å². The van der Waals surface area contributed by atoms with E-state index in [4.69, 9.17) is 4.74 Å². The Labute approximate surface area is 113 Å². The third-order valence-electron chi connectivity index (χ3n) is 3.25. The van der Waals surface area contributed by atoms with Gasteiger partial charge in [0.2, 0.25) is 5.96 Å². The number of carbonyl (C=O) groups excluding carboxylic acids is 1. The first-order chi connectivity index (χ1) is 9.13. The Morgan fingerprint density at radius 1 is 1.53 bits per heavy atom. The average Bonchev–Trinajstić information content (AvgIpc) is 2.72. The molecule has 1 amide bonds. The Balaban J connectivity index is 2.06. The molecule has 1 unspecified atom stereocenters. The summed E-state index contributed by atoms with van der Waals surface area (Å²) in [6.07, 6.45) is -0.460. The van der Waals surface area contributed by atoms with Gasteiger partial charge in [-0.15, -0.1) is 0 Å². The molecule has 102 valence electrons. The second-order valence-corrected chi connectivity index (χ2v) is 4.49. The number of aryl methyl sites for hydroxylation is 1. The zero-order valence-corrected chi connectivity index (χ0v) is 11.5. The van der Waals surface area contributed by atoms with Gasteiger partial charge in [-0.25, -0.2) is 4.79 Å². The molecule has 1 aromatic carbocycles. The first kappa shape index (κ1) is 13.4. The molecule has 1 N–H and O–H groups in total. The minimum atomic E-state index is -0.460. The Bertz CT molecular complexity index is 499. The van der Waals surface area contributed by atoms with Gasteiger partial charge in [0.25, 0.3) is 0 Å². The minimum absolute atomic E-state index is 0.165. The molecule has 1 atom stereocenters. The normalized spacial score (nSPS) is 18.2. The first-order valence-electron chi connectivity index (χ1n) is 6.40. The molecule has 1 aliphatic rings. The molecule has 0 fully saturated rings. The van der Waals surface area contributed by atoms with Crippen LogP contribution in [-0.4, -0.2) is 37.2 Å². The lowest BCUT2D eigenvalue weighted by molar-refractivity contribution is 0.156. The van der Waals surface area contributed by atoms with Crippen molar-refractivity contribution in [2.45, 2.75) is 19.9 Å². The molecule has 1 aliphatic heterocycles. The number of hydrogen-bond acceptors (Lipinski definition) is 4. The van der Waals surface area contributed by atoms with Crippen molar-refractivity contribution in [2.24, 2.45) is 4.99 Å². The van der Waals surface area contributed by atoms with Crippen molar-refractivity contribution in [3.05, 3.63) is 35.4 Å². The molecule has 5 nitrogen and oxygen atoms in total. The standard InChI is InChI=1S/C14H19N3O2/c1-4-19-14(18)16-13-15-9-12(17(13)3)11-8-6-5-7-10(11)2/h5-8,12H,4,9H2,1-3H3,(H,15,16,18). The number of aliphatic imine (C=N–C) groups is 1. The topological polar surface area (TPSA) is 53.9 Å². The number of benzene rings is 1. The average molecular weight is 261 g/mol. The Kier molecular flexibility index (Phi) is 4.04. The van der Waals surface area contributed by atoms with Crippen LogP contribution < -0.4 is 5.32 Å². The zero-order valence-electron chi connectivity index (χ0n) is 11.5. The van der Waals surface area contributed by atoms with Crippen molar-refractivity contribution < 1.29 is 9.53 Å². The SMILES string of the molecule is CCOC(=O)NC1=NCC(c2ccccc2C)N1C. The van der Waals surface area contributed by atoms with Gasteiger partial charge in [0.15, 0.2) is 0 Å². The molecule has 0 aromatic heterocycles. The number of ether oxygens (including phenoxy) is 1. The van der Waals surface area contributed by atoms with Crippen LogP contribution in [0, 0.1) is 6.92 Å². The van der Waals surface area contributed by atoms with Crippen molar-refractivity contribution >= 4 is 12.1 Å². The predicted octanol–water partition coefficient (Wildman–Crippen LogP) is 2.08. The molecular weight excluding hydrogens is 242 g/mol. The number of guanidine groups is 1. The summed E-state index contributed by atoms with van der Waals surface area (Å²) < 4.78 is 4.86. The number of nitrogens with one attached hydrogen (secondary N) is 1. The number of likely N-dealkylation sites (N-methyl/N-ethyl adjacent to an activating group) is 1. The second-order valence-electron chi connectivity index (χ2n) is 4.49.